The van der Waals surface area contributed by atoms with Crippen molar-refractivity contribution in [3.05, 3.63) is 39.2 Å². The predicted octanol–water partition coefficient (Wildman–Crippen LogP) is 2.11. The SMILES string of the molecule is Cc1c(F)ccc([N+](=O)[O-])c1CC#N. The zero-order chi connectivity index (χ0) is 10.7. The highest BCUT2D eigenvalue weighted by atomic mass is 19.1. The van der Waals surface area contributed by atoms with Crippen LogP contribution in [0.4, 0.5) is 10.1 Å². The average molecular weight is 194 g/mol. The number of nitriles is 1. The first-order chi connectivity index (χ1) is 6.57. The van der Waals surface area contributed by atoms with Gasteiger partial charge in [-0.2, -0.15) is 5.26 Å². The number of hydrogen-bond acceptors (Lipinski definition) is 3. The van der Waals surface area contributed by atoms with Gasteiger partial charge >= 0.3 is 0 Å². The van der Waals surface area contributed by atoms with Gasteiger partial charge in [-0.15, -0.1) is 0 Å². The van der Waals surface area contributed by atoms with Gasteiger partial charge in [-0.3, -0.25) is 10.1 Å². The molecule has 0 atom stereocenters. The molecule has 4 nitrogen and oxygen atoms in total. The van der Waals surface area contributed by atoms with E-state index in [2.05, 4.69) is 0 Å². The van der Waals surface area contributed by atoms with E-state index in [9.17, 15) is 14.5 Å². The highest BCUT2D eigenvalue weighted by molar-refractivity contribution is 5.47. The summed E-state index contributed by atoms with van der Waals surface area (Å²) in [6.07, 6.45) is -0.153. The van der Waals surface area contributed by atoms with Gasteiger partial charge in [0.1, 0.15) is 5.82 Å². The number of benzene rings is 1. The van der Waals surface area contributed by atoms with E-state index in [1.807, 2.05) is 0 Å². The monoisotopic (exact) mass is 194 g/mol. The van der Waals surface area contributed by atoms with Gasteiger partial charge in [0.2, 0.25) is 0 Å². The predicted molar refractivity (Wildman–Crippen MR) is 47.1 cm³/mol. The highest BCUT2D eigenvalue weighted by Gasteiger charge is 2.17. The van der Waals surface area contributed by atoms with E-state index in [4.69, 9.17) is 5.26 Å². The second-order valence-corrected chi connectivity index (χ2v) is 2.76. The quantitative estimate of drug-likeness (QED) is 0.534. The molecule has 0 bridgehead atoms. The molecule has 1 aromatic rings. The summed E-state index contributed by atoms with van der Waals surface area (Å²) in [6, 6.07) is 3.89. The van der Waals surface area contributed by atoms with Crippen LogP contribution in [0.15, 0.2) is 12.1 Å². The maximum atomic E-state index is 13.0. The fourth-order valence-corrected chi connectivity index (χ4v) is 1.19. The first kappa shape index (κ1) is 10.1. The molecule has 0 saturated carbocycles. The molecule has 0 aliphatic carbocycles. The summed E-state index contributed by atoms with van der Waals surface area (Å²) >= 11 is 0. The van der Waals surface area contributed by atoms with Crippen LogP contribution < -0.4 is 0 Å². The Labute approximate surface area is 79.7 Å². The second-order valence-electron chi connectivity index (χ2n) is 2.76. The van der Waals surface area contributed by atoms with E-state index in [1.54, 1.807) is 6.07 Å². The Balaban J connectivity index is 3.39. The first-order valence-electron chi connectivity index (χ1n) is 3.87. The van der Waals surface area contributed by atoms with Crippen molar-refractivity contribution >= 4 is 5.69 Å². The summed E-state index contributed by atoms with van der Waals surface area (Å²) in [7, 11) is 0. The third kappa shape index (κ3) is 1.69. The fraction of sp³-hybridized carbons (Fsp3) is 0.222. The third-order valence-corrected chi connectivity index (χ3v) is 1.96. The van der Waals surface area contributed by atoms with Crippen LogP contribution in [0.2, 0.25) is 0 Å². The lowest BCUT2D eigenvalue weighted by Crippen LogP contribution is -1.99. The minimum Gasteiger partial charge on any atom is -0.258 e. The van der Waals surface area contributed by atoms with Crippen LogP contribution in [-0.2, 0) is 6.42 Å². The minimum absolute atomic E-state index is 0.150. The maximum Gasteiger partial charge on any atom is 0.274 e. The normalized spacial score (nSPS) is 9.50. The molecule has 0 heterocycles. The fourth-order valence-electron chi connectivity index (χ4n) is 1.19. The molecule has 0 radical (unpaired) electrons. The lowest BCUT2D eigenvalue weighted by Gasteiger charge is -2.03. The van der Waals surface area contributed by atoms with Crippen molar-refractivity contribution < 1.29 is 9.31 Å². The van der Waals surface area contributed by atoms with Crippen molar-refractivity contribution in [2.24, 2.45) is 0 Å². The molecule has 0 aliphatic heterocycles. The zero-order valence-electron chi connectivity index (χ0n) is 7.45. The number of nitro benzene ring substituents is 1. The zero-order valence-corrected chi connectivity index (χ0v) is 7.45. The van der Waals surface area contributed by atoms with Crippen LogP contribution in [0.1, 0.15) is 11.1 Å². The number of nitro groups is 1. The van der Waals surface area contributed by atoms with Gasteiger partial charge in [0.25, 0.3) is 5.69 Å². The van der Waals surface area contributed by atoms with Crippen LogP contribution in [0.25, 0.3) is 0 Å². The van der Waals surface area contributed by atoms with E-state index >= 15 is 0 Å². The molecule has 0 saturated heterocycles. The second kappa shape index (κ2) is 3.83. The molecule has 5 heteroatoms. The van der Waals surface area contributed by atoms with Gasteiger partial charge < -0.3 is 0 Å². The Bertz CT molecular complexity index is 424. The van der Waals surface area contributed by atoms with E-state index < -0.39 is 10.7 Å². The topological polar surface area (TPSA) is 66.9 Å². The Morgan fingerprint density at radius 2 is 2.29 bits per heavy atom. The van der Waals surface area contributed by atoms with Gasteiger partial charge in [-0.1, -0.05) is 0 Å². The average Bonchev–Trinajstić information content (AvgIpc) is 2.13. The van der Waals surface area contributed by atoms with E-state index in [0.29, 0.717) is 0 Å². The molecule has 14 heavy (non-hydrogen) atoms. The summed E-state index contributed by atoms with van der Waals surface area (Å²) in [5, 5.41) is 19.0. The molecule has 0 aromatic heterocycles. The van der Waals surface area contributed by atoms with Gasteiger partial charge in [-0.25, -0.2) is 4.39 Å². The standard InChI is InChI=1S/C9H7FN2O2/c1-6-7(4-5-11)9(12(13)14)3-2-8(6)10/h2-3H,4H2,1H3. The van der Waals surface area contributed by atoms with Crippen LogP contribution in [0.3, 0.4) is 0 Å². The number of rotatable bonds is 2. The molecule has 1 rings (SSSR count). The Morgan fingerprint density at radius 1 is 1.64 bits per heavy atom. The van der Waals surface area contributed by atoms with Crippen LogP contribution >= 0.6 is 0 Å². The molecule has 1 aromatic carbocycles. The summed E-state index contributed by atoms with van der Waals surface area (Å²) < 4.78 is 13.0. The molecule has 0 aliphatic rings. The lowest BCUT2D eigenvalue weighted by atomic mass is 10.0. The van der Waals surface area contributed by atoms with E-state index in [1.165, 1.54) is 6.92 Å². The van der Waals surface area contributed by atoms with E-state index in [0.717, 1.165) is 12.1 Å². The van der Waals surface area contributed by atoms with E-state index in [-0.39, 0.29) is 23.2 Å². The van der Waals surface area contributed by atoms with Crippen molar-refractivity contribution in [2.45, 2.75) is 13.3 Å². The molecule has 0 amide bonds. The Morgan fingerprint density at radius 3 is 2.79 bits per heavy atom. The van der Waals surface area contributed by atoms with Gasteiger partial charge in [0.15, 0.2) is 0 Å². The summed E-state index contributed by atoms with van der Waals surface area (Å²) in [6.45, 7) is 1.43. The van der Waals surface area contributed by atoms with Crippen molar-refractivity contribution in [1.29, 1.82) is 5.26 Å². The summed E-state index contributed by atoms with van der Waals surface area (Å²) in [4.78, 5) is 9.92. The van der Waals surface area contributed by atoms with Gasteiger partial charge in [0, 0.05) is 11.6 Å². The summed E-state index contributed by atoms with van der Waals surface area (Å²) in [5.41, 5.74) is 0.115. The van der Waals surface area contributed by atoms with Gasteiger partial charge in [-0.05, 0) is 18.6 Å². The van der Waals surface area contributed by atoms with Gasteiger partial charge in [0.05, 0.1) is 17.4 Å². The molecule has 0 fully saturated rings. The van der Waals surface area contributed by atoms with Crippen LogP contribution in [0.5, 0.6) is 0 Å². The maximum absolute atomic E-state index is 13.0. The van der Waals surface area contributed by atoms with Crippen molar-refractivity contribution in [1.82, 2.24) is 0 Å². The molecular weight excluding hydrogens is 187 g/mol. The first-order valence-corrected chi connectivity index (χ1v) is 3.87. The van der Waals surface area contributed by atoms with Crippen molar-refractivity contribution in [3.63, 3.8) is 0 Å². The number of nitrogens with zero attached hydrogens (tertiary/aromatic N) is 2. The van der Waals surface area contributed by atoms with Crippen LogP contribution in [-0.4, -0.2) is 4.92 Å². The number of halogens is 1. The molecular formula is C9H7FN2O2. The highest BCUT2D eigenvalue weighted by Crippen LogP contribution is 2.24. The molecule has 0 N–H and O–H groups in total. The molecule has 0 spiro atoms. The minimum atomic E-state index is -0.612. The molecule has 0 unspecified atom stereocenters. The number of hydrogen-bond donors (Lipinski definition) is 0. The van der Waals surface area contributed by atoms with Crippen LogP contribution in [0, 0.1) is 34.2 Å². The largest absolute Gasteiger partial charge is 0.274 e. The molecule has 72 valence electrons. The van der Waals surface area contributed by atoms with Crippen molar-refractivity contribution in [3.8, 4) is 6.07 Å². The Hall–Kier alpha value is -1.96. The third-order valence-electron chi connectivity index (χ3n) is 1.96. The lowest BCUT2D eigenvalue weighted by molar-refractivity contribution is -0.385. The smallest absolute Gasteiger partial charge is 0.258 e. The van der Waals surface area contributed by atoms with Crippen molar-refractivity contribution in [2.75, 3.05) is 0 Å². The Kier molecular flexibility index (Phi) is 2.77. The summed E-state index contributed by atoms with van der Waals surface area (Å²) in [5.74, 6) is -0.527.